The van der Waals surface area contributed by atoms with Crippen LogP contribution in [0.5, 0.6) is 11.5 Å². The normalized spacial score (nSPS) is 10.2. The topological polar surface area (TPSA) is 95.6 Å². The fourth-order valence-electron chi connectivity index (χ4n) is 1.59. The summed E-state index contributed by atoms with van der Waals surface area (Å²) < 4.78 is 0.786. The maximum absolute atomic E-state index is 12.0. The molecule has 0 saturated carbocycles. The molecule has 0 aromatic heterocycles. The molecule has 2 aromatic rings. The van der Waals surface area contributed by atoms with E-state index < -0.39 is 5.91 Å². The van der Waals surface area contributed by atoms with Crippen molar-refractivity contribution in [1.82, 2.24) is 0 Å². The Balaban J connectivity index is 2.31. The Morgan fingerprint density at radius 2 is 1.79 bits per heavy atom. The third kappa shape index (κ3) is 2.79. The lowest BCUT2D eigenvalue weighted by Crippen LogP contribution is -2.13. The number of carbonyl (C=O) groups is 1. The van der Waals surface area contributed by atoms with Gasteiger partial charge in [0.05, 0.1) is 11.4 Å². The van der Waals surface area contributed by atoms with E-state index in [4.69, 9.17) is 5.73 Å². The molecule has 0 aliphatic rings. The third-order valence-corrected chi connectivity index (χ3v) is 3.00. The van der Waals surface area contributed by atoms with Crippen LogP contribution in [0.4, 0.5) is 11.4 Å². The van der Waals surface area contributed by atoms with Crippen molar-refractivity contribution in [3.05, 3.63) is 46.4 Å². The van der Waals surface area contributed by atoms with Crippen molar-refractivity contribution in [1.29, 1.82) is 0 Å². The highest BCUT2D eigenvalue weighted by Gasteiger charge is 2.16. The lowest BCUT2D eigenvalue weighted by atomic mass is 10.1. The molecule has 1 amide bonds. The van der Waals surface area contributed by atoms with Crippen molar-refractivity contribution in [2.45, 2.75) is 0 Å². The summed E-state index contributed by atoms with van der Waals surface area (Å²) in [5, 5.41) is 21.7. The van der Waals surface area contributed by atoms with Gasteiger partial charge in [-0.3, -0.25) is 4.79 Å². The number of benzene rings is 2. The number of nitrogens with two attached hydrogens (primary N) is 1. The van der Waals surface area contributed by atoms with Crippen LogP contribution in [0.1, 0.15) is 10.4 Å². The number of anilines is 2. The lowest BCUT2D eigenvalue weighted by Gasteiger charge is -2.10. The molecule has 5 nitrogen and oxygen atoms in total. The van der Waals surface area contributed by atoms with Gasteiger partial charge in [0.2, 0.25) is 0 Å². The van der Waals surface area contributed by atoms with E-state index in [1.54, 1.807) is 18.2 Å². The molecule has 2 rings (SSSR count). The van der Waals surface area contributed by atoms with Crippen molar-refractivity contribution in [2.75, 3.05) is 11.1 Å². The second-order valence-corrected chi connectivity index (χ2v) is 4.77. The predicted octanol–water partition coefficient (Wildman–Crippen LogP) is 2.69. The number of aromatic hydroxyl groups is 2. The summed E-state index contributed by atoms with van der Waals surface area (Å²) in [6.07, 6.45) is 0. The zero-order valence-corrected chi connectivity index (χ0v) is 11.3. The molecular formula is C13H11BrN2O3. The molecule has 6 heteroatoms. The summed E-state index contributed by atoms with van der Waals surface area (Å²) in [5.41, 5.74) is 6.34. The monoisotopic (exact) mass is 322 g/mol. The Kier molecular flexibility index (Phi) is 3.62. The summed E-state index contributed by atoms with van der Waals surface area (Å²) in [4.78, 5) is 12.0. The summed E-state index contributed by atoms with van der Waals surface area (Å²) >= 11 is 3.26. The van der Waals surface area contributed by atoms with Gasteiger partial charge in [-0.1, -0.05) is 22.0 Å². The highest BCUT2D eigenvalue weighted by atomic mass is 79.9. The quantitative estimate of drug-likeness (QED) is 0.639. The number of phenols is 2. The van der Waals surface area contributed by atoms with Gasteiger partial charge < -0.3 is 21.3 Å². The van der Waals surface area contributed by atoms with Crippen LogP contribution in [-0.2, 0) is 0 Å². The minimum atomic E-state index is -0.635. The summed E-state index contributed by atoms with van der Waals surface area (Å²) in [6, 6.07) is 9.06. The third-order valence-electron chi connectivity index (χ3n) is 2.51. The van der Waals surface area contributed by atoms with Crippen molar-refractivity contribution in [2.24, 2.45) is 0 Å². The van der Waals surface area contributed by atoms with Gasteiger partial charge in [-0.2, -0.15) is 0 Å². The minimum absolute atomic E-state index is 0.190. The number of nitrogens with one attached hydrogen (secondary N) is 1. The van der Waals surface area contributed by atoms with Gasteiger partial charge in [0.15, 0.2) is 0 Å². The van der Waals surface area contributed by atoms with Gasteiger partial charge in [-0.15, -0.1) is 0 Å². The van der Waals surface area contributed by atoms with E-state index >= 15 is 0 Å². The highest BCUT2D eigenvalue weighted by molar-refractivity contribution is 9.10. The summed E-state index contributed by atoms with van der Waals surface area (Å²) in [7, 11) is 0. The fraction of sp³-hybridized carbons (Fsp3) is 0. The second-order valence-electron chi connectivity index (χ2n) is 3.86. The average molecular weight is 323 g/mol. The maximum atomic E-state index is 12.0. The molecule has 5 N–H and O–H groups in total. The number of rotatable bonds is 2. The van der Waals surface area contributed by atoms with Crippen LogP contribution in [0.2, 0.25) is 0 Å². The largest absolute Gasteiger partial charge is 0.507 e. The first-order chi connectivity index (χ1) is 8.99. The fourth-order valence-corrected chi connectivity index (χ4v) is 1.97. The van der Waals surface area contributed by atoms with Gasteiger partial charge in [0.25, 0.3) is 5.91 Å². The van der Waals surface area contributed by atoms with E-state index in [1.807, 2.05) is 0 Å². The number of halogens is 1. The zero-order valence-electron chi connectivity index (χ0n) is 9.72. The molecule has 0 radical (unpaired) electrons. The number of nitrogen functional groups attached to an aromatic ring is 1. The lowest BCUT2D eigenvalue weighted by molar-refractivity contribution is 0.102. The van der Waals surface area contributed by atoms with Crippen LogP contribution >= 0.6 is 15.9 Å². The standard InChI is InChI=1S/C13H11BrN2O3/c14-7-4-5-9(8(15)6-7)16-13(19)12-10(17)2-1-3-11(12)18/h1-6,17-18H,15H2,(H,16,19). The molecule has 19 heavy (non-hydrogen) atoms. The highest BCUT2D eigenvalue weighted by Crippen LogP contribution is 2.29. The van der Waals surface area contributed by atoms with Gasteiger partial charge in [-0.05, 0) is 30.3 Å². The predicted molar refractivity (Wildman–Crippen MR) is 76.3 cm³/mol. The number of hydrogen-bond acceptors (Lipinski definition) is 4. The Bertz CT molecular complexity index is 624. The molecule has 0 aliphatic carbocycles. The molecule has 0 bridgehead atoms. The number of hydrogen-bond donors (Lipinski definition) is 4. The maximum Gasteiger partial charge on any atom is 0.263 e. The molecule has 0 unspecified atom stereocenters. The van der Waals surface area contributed by atoms with Crippen LogP contribution in [0, 0.1) is 0 Å². The minimum Gasteiger partial charge on any atom is -0.507 e. The molecule has 0 heterocycles. The van der Waals surface area contributed by atoms with Crippen LogP contribution in [0.15, 0.2) is 40.9 Å². The van der Waals surface area contributed by atoms with E-state index in [0.29, 0.717) is 11.4 Å². The van der Waals surface area contributed by atoms with Gasteiger partial charge in [0.1, 0.15) is 17.1 Å². The van der Waals surface area contributed by atoms with Crippen LogP contribution < -0.4 is 11.1 Å². The SMILES string of the molecule is Nc1cc(Br)ccc1NC(=O)c1c(O)cccc1O. The first-order valence-corrected chi connectivity index (χ1v) is 6.15. The van der Waals surface area contributed by atoms with E-state index in [9.17, 15) is 15.0 Å². The van der Waals surface area contributed by atoms with Gasteiger partial charge >= 0.3 is 0 Å². The van der Waals surface area contributed by atoms with Gasteiger partial charge in [-0.25, -0.2) is 0 Å². The van der Waals surface area contributed by atoms with E-state index in [1.165, 1.54) is 18.2 Å². The van der Waals surface area contributed by atoms with Crippen LogP contribution in [0.3, 0.4) is 0 Å². The van der Waals surface area contributed by atoms with Crippen molar-refractivity contribution < 1.29 is 15.0 Å². The number of phenolic OH excluding ortho intramolecular Hbond substituents is 2. The average Bonchev–Trinajstić information content (AvgIpc) is 2.32. The molecular weight excluding hydrogens is 312 g/mol. The first-order valence-electron chi connectivity index (χ1n) is 5.36. The van der Waals surface area contributed by atoms with E-state index in [0.717, 1.165) is 4.47 Å². The molecule has 0 atom stereocenters. The molecule has 98 valence electrons. The Labute approximate surface area is 117 Å². The van der Waals surface area contributed by atoms with Crippen LogP contribution in [0.25, 0.3) is 0 Å². The molecule has 0 aliphatic heterocycles. The summed E-state index contributed by atoms with van der Waals surface area (Å²) in [6.45, 7) is 0. The van der Waals surface area contributed by atoms with E-state index in [2.05, 4.69) is 21.2 Å². The Hall–Kier alpha value is -2.21. The van der Waals surface area contributed by atoms with Crippen molar-refractivity contribution >= 4 is 33.2 Å². The molecule has 0 spiro atoms. The Morgan fingerprint density at radius 1 is 1.16 bits per heavy atom. The van der Waals surface area contributed by atoms with Crippen LogP contribution in [-0.4, -0.2) is 16.1 Å². The summed E-state index contributed by atoms with van der Waals surface area (Å²) in [5.74, 6) is -1.23. The van der Waals surface area contributed by atoms with Crippen molar-refractivity contribution in [3.8, 4) is 11.5 Å². The van der Waals surface area contributed by atoms with E-state index in [-0.39, 0.29) is 17.1 Å². The first kappa shape index (κ1) is 13.2. The molecule has 0 fully saturated rings. The van der Waals surface area contributed by atoms with Gasteiger partial charge in [0, 0.05) is 4.47 Å². The molecule has 2 aromatic carbocycles. The zero-order chi connectivity index (χ0) is 14.0. The molecule has 0 saturated heterocycles. The number of amides is 1. The number of carbonyl (C=O) groups excluding carboxylic acids is 1. The second kappa shape index (κ2) is 5.19. The Morgan fingerprint density at radius 3 is 2.37 bits per heavy atom. The van der Waals surface area contributed by atoms with Crippen molar-refractivity contribution in [3.63, 3.8) is 0 Å². The smallest absolute Gasteiger partial charge is 0.263 e.